The first-order chi connectivity index (χ1) is 8.18. The zero-order valence-electron chi connectivity index (χ0n) is 10.7. The Bertz CT molecular complexity index is 551. The molecule has 0 aliphatic heterocycles. The second-order valence-electron chi connectivity index (χ2n) is 4.10. The maximum Gasteiger partial charge on any atom is 0.280 e. The summed E-state index contributed by atoms with van der Waals surface area (Å²) in [5, 5.41) is -0.223. The smallest absolute Gasteiger partial charge is 0.280 e. The van der Waals surface area contributed by atoms with Crippen LogP contribution in [0.25, 0.3) is 0 Å². The lowest BCUT2D eigenvalue weighted by Crippen LogP contribution is -2.30. The van der Waals surface area contributed by atoms with Crippen LogP contribution in [0.3, 0.4) is 0 Å². The SMILES string of the molecule is CCc1nc(S(=O)(=O)Cl)cn1C(C)C(=O)N(C)C. The van der Waals surface area contributed by atoms with E-state index in [1.54, 1.807) is 21.0 Å². The number of carbonyl (C=O) groups is 1. The van der Waals surface area contributed by atoms with E-state index in [-0.39, 0.29) is 10.9 Å². The summed E-state index contributed by atoms with van der Waals surface area (Å²) in [4.78, 5) is 17.2. The fourth-order valence-corrected chi connectivity index (χ4v) is 2.29. The molecule has 0 aliphatic carbocycles. The molecule has 1 aromatic rings. The summed E-state index contributed by atoms with van der Waals surface area (Å²) in [6.45, 7) is 3.52. The summed E-state index contributed by atoms with van der Waals surface area (Å²) in [7, 11) is 4.65. The summed E-state index contributed by atoms with van der Waals surface area (Å²) in [5.74, 6) is 0.373. The Morgan fingerprint density at radius 1 is 1.56 bits per heavy atom. The lowest BCUT2D eigenvalue weighted by Gasteiger charge is -2.19. The highest BCUT2D eigenvalue weighted by Crippen LogP contribution is 2.19. The van der Waals surface area contributed by atoms with Crippen LogP contribution in [0, 0.1) is 0 Å². The standard InChI is InChI=1S/C10H16ClN3O3S/c1-5-8-12-9(18(11,16)17)6-14(8)7(2)10(15)13(3)4/h6-7H,5H2,1-4H3. The molecule has 0 saturated heterocycles. The van der Waals surface area contributed by atoms with E-state index < -0.39 is 15.1 Å². The van der Waals surface area contributed by atoms with Crippen molar-refractivity contribution in [3.05, 3.63) is 12.0 Å². The van der Waals surface area contributed by atoms with Crippen molar-refractivity contribution >= 4 is 25.6 Å². The first kappa shape index (κ1) is 15.0. The van der Waals surface area contributed by atoms with Crippen LogP contribution in [-0.4, -0.2) is 42.9 Å². The highest BCUT2D eigenvalue weighted by Gasteiger charge is 2.23. The van der Waals surface area contributed by atoms with Gasteiger partial charge in [-0.15, -0.1) is 0 Å². The quantitative estimate of drug-likeness (QED) is 0.777. The summed E-state index contributed by atoms with van der Waals surface area (Å²) in [6.07, 6.45) is 1.81. The van der Waals surface area contributed by atoms with E-state index in [0.717, 1.165) is 0 Å². The van der Waals surface area contributed by atoms with E-state index in [0.29, 0.717) is 12.2 Å². The second-order valence-corrected chi connectivity index (χ2v) is 6.62. The van der Waals surface area contributed by atoms with Gasteiger partial charge in [0.1, 0.15) is 11.9 Å². The van der Waals surface area contributed by atoms with Gasteiger partial charge in [0.15, 0.2) is 5.03 Å². The number of likely N-dealkylation sites (N-methyl/N-ethyl adjacent to an activating group) is 1. The average Bonchev–Trinajstić information content (AvgIpc) is 2.70. The summed E-state index contributed by atoms with van der Waals surface area (Å²) in [5.41, 5.74) is 0. The molecule has 18 heavy (non-hydrogen) atoms. The largest absolute Gasteiger partial charge is 0.347 e. The van der Waals surface area contributed by atoms with Crippen molar-refractivity contribution in [2.45, 2.75) is 31.3 Å². The van der Waals surface area contributed by atoms with Crippen LogP contribution in [-0.2, 0) is 20.3 Å². The fourth-order valence-electron chi connectivity index (χ4n) is 1.61. The molecule has 1 amide bonds. The molecule has 0 radical (unpaired) electrons. The van der Waals surface area contributed by atoms with Gasteiger partial charge in [-0.1, -0.05) is 6.92 Å². The predicted octanol–water partition coefficient (Wildman–Crippen LogP) is 1.02. The van der Waals surface area contributed by atoms with Gasteiger partial charge in [-0.05, 0) is 6.92 Å². The molecule has 1 aromatic heterocycles. The van der Waals surface area contributed by atoms with Gasteiger partial charge in [0.05, 0.1) is 0 Å². The van der Waals surface area contributed by atoms with Crippen molar-refractivity contribution in [1.29, 1.82) is 0 Å². The highest BCUT2D eigenvalue weighted by atomic mass is 35.7. The third-order valence-corrected chi connectivity index (χ3v) is 3.74. The molecule has 0 fully saturated rings. The van der Waals surface area contributed by atoms with Gasteiger partial charge in [0, 0.05) is 37.4 Å². The molecule has 1 atom stereocenters. The molecule has 0 N–H and O–H groups in total. The first-order valence-electron chi connectivity index (χ1n) is 5.42. The van der Waals surface area contributed by atoms with Crippen LogP contribution in [0.15, 0.2) is 11.2 Å². The number of amides is 1. The van der Waals surface area contributed by atoms with Gasteiger partial charge in [-0.2, -0.15) is 0 Å². The minimum atomic E-state index is -3.88. The maximum absolute atomic E-state index is 11.9. The van der Waals surface area contributed by atoms with E-state index in [4.69, 9.17) is 10.7 Å². The van der Waals surface area contributed by atoms with Crippen LogP contribution in [0.5, 0.6) is 0 Å². The monoisotopic (exact) mass is 293 g/mol. The minimum Gasteiger partial charge on any atom is -0.347 e. The molecule has 0 aromatic carbocycles. The van der Waals surface area contributed by atoms with E-state index in [1.807, 2.05) is 6.92 Å². The highest BCUT2D eigenvalue weighted by molar-refractivity contribution is 8.13. The lowest BCUT2D eigenvalue weighted by atomic mass is 10.3. The van der Waals surface area contributed by atoms with Crippen LogP contribution < -0.4 is 0 Å². The van der Waals surface area contributed by atoms with Crippen LogP contribution in [0.2, 0.25) is 0 Å². The van der Waals surface area contributed by atoms with E-state index in [2.05, 4.69) is 4.98 Å². The number of hydrogen-bond acceptors (Lipinski definition) is 4. The molecule has 1 heterocycles. The summed E-state index contributed by atoms with van der Waals surface area (Å²) in [6, 6.07) is -0.519. The Labute approximate surface area is 111 Å². The van der Waals surface area contributed by atoms with Gasteiger partial charge < -0.3 is 9.47 Å². The van der Waals surface area contributed by atoms with E-state index in [1.165, 1.54) is 15.7 Å². The molecule has 1 unspecified atom stereocenters. The van der Waals surface area contributed by atoms with Gasteiger partial charge in [-0.25, -0.2) is 13.4 Å². The number of rotatable bonds is 4. The second kappa shape index (κ2) is 5.27. The van der Waals surface area contributed by atoms with Crippen molar-refractivity contribution in [3.8, 4) is 0 Å². The van der Waals surface area contributed by atoms with Gasteiger partial charge in [0.2, 0.25) is 5.91 Å². The van der Waals surface area contributed by atoms with Crippen LogP contribution in [0.4, 0.5) is 0 Å². The molecule has 0 aliphatic rings. The zero-order chi connectivity index (χ0) is 14.1. The number of aryl methyl sites for hydroxylation is 1. The predicted molar refractivity (Wildman–Crippen MR) is 68.0 cm³/mol. The third-order valence-electron chi connectivity index (χ3n) is 2.57. The molecule has 0 saturated carbocycles. The lowest BCUT2D eigenvalue weighted by molar-refractivity contribution is -0.131. The van der Waals surface area contributed by atoms with Crippen molar-refractivity contribution in [3.63, 3.8) is 0 Å². The topological polar surface area (TPSA) is 72.3 Å². The number of hydrogen-bond donors (Lipinski definition) is 0. The Kier molecular flexibility index (Phi) is 4.39. The van der Waals surface area contributed by atoms with E-state index in [9.17, 15) is 13.2 Å². The molecule has 102 valence electrons. The first-order valence-corrected chi connectivity index (χ1v) is 7.73. The van der Waals surface area contributed by atoms with Crippen molar-refractivity contribution in [1.82, 2.24) is 14.5 Å². The fraction of sp³-hybridized carbons (Fsp3) is 0.600. The molecule has 6 nitrogen and oxygen atoms in total. The van der Waals surface area contributed by atoms with Crippen molar-refractivity contribution < 1.29 is 13.2 Å². The molecule has 8 heteroatoms. The van der Waals surface area contributed by atoms with Gasteiger partial charge in [-0.3, -0.25) is 4.79 Å². The van der Waals surface area contributed by atoms with Crippen LogP contribution in [0.1, 0.15) is 25.7 Å². The Morgan fingerprint density at radius 2 is 2.11 bits per heavy atom. The minimum absolute atomic E-state index is 0.138. The summed E-state index contributed by atoms with van der Waals surface area (Å²) >= 11 is 0. The number of carbonyl (C=O) groups excluding carboxylic acids is 1. The maximum atomic E-state index is 11.9. The van der Waals surface area contributed by atoms with Gasteiger partial charge in [0.25, 0.3) is 9.05 Å². The Hall–Kier alpha value is -1.08. The van der Waals surface area contributed by atoms with Gasteiger partial charge >= 0.3 is 0 Å². The number of halogens is 1. The summed E-state index contributed by atoms with van der Waals surface area (Å²) < 4.78 is 24.0. The zero-order valence-corrected chi connectivity index (χ0v) is 12.3. The van der Waals surface area contributed by atoms with Crippen molar-refractivity contribution in [2.75, 3.05) is 14.1 Å². The van der Waals surface area contributed by atoms with E-state index >= 15 is 0 Å². The third kappa shape index (κ3) is 3.02. The Morgan fingerprint density at radius 3 is 2.50 bits per heavy atom. The number of aromatic nitrogens is 2. The molecule has 0 spiro atoms. The number of imidazole rings is 1. The Balaban J connectivity index is 3.24. The molecule has 0 bridgehead atoms. The average molecular weight is 294 g/mol. The van der Waals surface area contributed by atoms with Crippen LogP contribution >= 0.6 is 10.7 Å². The molecular formula is C10H16ClN3O3S. The van der Waals surface area contributed by atoms with Crippen molar-refractivity contribution in [2.24, 2.45) is 0 Å². The molecule has 1 rings (SSSR count). The number of nitrogens with zero attached hydrogens (tertiary/aromatic N) is 3. The molecular weight excluding hydrogens is 278 g/mol. The normalized spacial score (nSPS) is 13.4.